The molecule has 6 nitrogen and oxygen atoms in total. The van der Waals surface area contributed by atoms with Gasteiger partial charge in [0, 0.05) is 19.5 Å². The van der Waals surface area contributed by atoms with Crippen LogP contribution in [0, 0.1) is 6.92 Å². The molecule has 0 radical (unpaired) electrons. The van der Waals surface area contributed by atoms with E-state index in [0.717, 1.165) is 47.5 Å². The fraction of sp³-hybridized carbons (Fsp3) is 0.257. The van der Waals surface area contributed by atoms with Crippen molar-refractivity contribution in [3.05, 3.63) is 119 Å². The van der Waals surface area contributed by atoms with Gasteiger partial charge in [-0.05, 0) is 77.8 Å². The van der Waals surface area contributed by atoms with Crippen LogP contribution in [0.25, 0.3) is 11.1 Å². The molecular formula is C35H37NO5. The largest absolute Gasteiger partial charge is 0.489 e. The van der Waals surface area contributed by atoms with Gasteiger partial charge in [-0.1, -0.05) is 66.7 Å². The molecule has 0 aliphatic carbocycles. The first-order valence-corrected chi connectivity index (χ1v) is 13.9. The van der Waals surface area contributed by atoms with E-state index in [2.05, 4.69) is 42.6 Å². The van der Waals surface area contributed by atoms with Crippen LogP contribution in [0.1, 0.15) is 52.4 Å². The number of benzene rings is 4. The van der Waals surface area contributed by atoms with E-state index < -0.39 is 0 Å². The van der Waals surface area contributed by atoms with Gasteiger partial charge in [0.15, 0.2) is 0 Å². The lowest BCUT2D eigenvalue weighted by molar-refractivity contribution is -0.118. The van der Waals surface area contributed by atoms with Crippen molar-refractivity contribution in [1.82, 2.24) is 5.32 Å². The maximum absolute atomic E-state index is 12.0. The Balaban J connectivity index is 1.49. The van der Waals surface area contributed by atoms with Gasteiger partial charge >= 0.3 is 5.97 Å². The molecule has 41 heavy (non-hydrogen) atoms. The van der Waals surface area contributed by atoms with Gasteiger partial charge in [-0.25, -0.2) is 4.79 Å². The lowest BCUT2D eigenvalue weighted by atomic mass is 9.97. The van der Waals surface area contributed by atoms with E-state index in [4.69, 9.17) is 14.2 Å². The number of rotatable bonds is 13. The molecule has 4 aromatic rings. The summed E-state index contributed by atoms with van der Waals surface area (Å²) in [5.41, 5.74) is 7.10. The molecule has 0 saturated carbocycles. The highest BCUT2D eigenvalue weighted by Gasteiger charge is 2.11. The highest BCUT2D eigenvalue weighted by molar-refractivity contribution is 5.89. The van der Waals surface area contributed by atoms with Crippen molar-refractivity contribution in [2.75, 3.05) is 13.7 Å². The van der Waals surface area contributed by atoms with Gasteiger partial charge in [0.25, 0.3) is 0 Å². The van der Waals surface area contributed by atoms with Crippen LogP contribution in [0.3, 0.4) is 0 Å². The quantitative estimate of drug-likeness (QED) is 0.142. The van der Waals surface area contributed by atoms with E-state index >= 15 is 0 Å². The highest BCUT2D eigenvalue weighted by atomic mass is 16.5. The first-order chi connectivity index (χ1) is 19.9. The Morgan fingerprint density at radius 3 is 2.37 bits per heavy atom. The second-order valence-electron chi connectivity index (χ2n) is 9.93. The third kappa shape index (κ3) is 8.45. The molecule has 0 saturated heterocycles. The third-order valence-electron chi connectivity index (χ3n) is 6.95. The van der Waals surface area contributed by atoms with Crippen LogP contribution in [0.2, 0.25) is 0 Å². The maximum Gasteiger partial charge on any atom is 0.337 e. The predicted molar refractivity (Wildman–Crippen MR) is 161 cm³/mol. The number of unbranched alkanes of at least 4 members (excludes halogenated alkanes) is 1. The first-order valence-electron chi connectivity index (χ1n) is 13.9. The monoisotopic (exact) mass is 551 g/mol. The van der Waals surface area contributed by atoms with Gasteiger partial charge in [0.05, 0.1) is 12.7 Å². The number of ether oxygens (including phenoxy) is 3. The number of esters is 1. The normalized spacial score (nSPS) is 10.6. The molecule has 0 heterocycles. The van der Waals surface area contributed by atoms with Crippen molar-refractivity contribution in [1.29, 1.82) is 0 Å². The van der Waals surface area contributed by atoms with Crippen LogP contribution >= 0.6 is 0 Å². The second-order valence-corrected chi connectivity index (χ2v) is 9.93. The number of hydrogen-bond donors (Lipinski definition) is 1. The van der Waals surface area contributed by atoms with Crippen molar-refractivity contribution < 1.29 is 23.8 Å². The van der Waals surface area contributed by atoms with E-state index in [1.165, 1.54) is 30.7 Å². The Kier molecular flexibility index (Phi) is 10.5. The Hall–Kier alpha value is -4.58. The first kappa shape index (κ1) is 29.4. The number of aryl methyl sites for hydroxylation is 1. The summed E-state index contributed by atoms with van der Waals surface area (Å²) in [7, 11) is 1.37. The standard InChI is InChI=1S/C35H37NO5/c1-25-31(16-10-17-33(25)28-12-5-4-6-13-28)24-40-32-19-18-29(14-7-8-20-36-26(2)37)34(22-32)41-23-27-11-9-15-30(21-27)35(38)39-3/h4-6,9-13,15-19,21-22H,7-8,14,20,23-24H2,1-3H3,(H,36,37). The fourth-order valence-electron chi connectivity index (χ4n) is 4.67. The zero-order valence-electron chi connectivity index (χ0n) is 23.9. The van der Waals surface area contributed by atoms with Crippen LogP contribution in [-0.2, 0) is 29.2 Å². The summed E-state index contributed by atoms with van der Waals surface area (Å²) in [6.07, 6.45) is 2.57. The molecule has 0 atom stereocenters. The predicted octanol–water partition coefficient (Wildman–Crippen LogP) is 7.07. The van der Waals surface area contributed by atoms with Crippen molar-refractivity contribution in [3.8, 4) is 22.6 Å². The van der Waals surface area contributed by atoms with E-state index in [1.807, 2.05) is 48.5 Å². The van der Waals surface area contributed by atoms with Gasteiger partial charge < -0.3 is 19.5 Å². The van der Waals surface area contributed by atoms with E-state index in [9.17, 15) is 9.59 Å². The fourth-order valence-corrected chi connectivity index (χ4v) is 4.67. The van der Waals surface area contributed by atoms with E-state index in [0.29, 0.717) is 25.3 Å². The van der Waals surface area contributed by atoms with Crippen LogP contribution in [0.5, 0.6) is 11.5 Å². The summed E-state index contributed by atoms with van der Waals surface area (Å²) in [6.45, 7) is 5.03. The number of amides is 1. The number of carbonyl (C=O) groups is 2. The molecule has 1 N–H and O–H groups in total. The zero-order valence-corrected chi connectivity index (χ0v) is 23.9. The van der Waals surface area contributed by atoms with Crippen LogP contribution in [0.15, 0.2) is 91.0 Å². The molecular weight excluding hydrogens is 514 g/mol. The molecule has 0 unspecified atom stereocenters. The molecule has 0 fully saturated rings. The Bertz CT molecular complexity index is 1460. The maximum atomic E-state index is 12.0. The zero-order chi connectivity index (χ0) is 29.0. The van der Waals surface area contributed by atoms with Crippen molar-refractivity contribution >= 4 is 11.9 Å². The summed E-state index contributed by atoms with van der Waals surface area (Å²) in [6, 6.07) is 29.8. The molecule has 0 spiro atoms. The van der Waals surface area contributed by atoms with Crippen LogP contribution in [0.4, 0.5) is 0 Å². The van der Waals surface area contributed by atoms with Gasteiger partial charge in [-0.15, -0.1) is 0 Å². The highest BCUT2D eigenvalue weighted by Crippen LogP contribution is 2.30. The summed E-state index contributed by atoms with van der Waals surface area (Å²) >= 11 is 0. The number of carbonyl (C=O) groups excluding carboxylic acids is 2. The van der Waals surface area contributed by atoms with Crippen LogP contribution < -0.4 is 14.8 Å². The van der Waals surface area contributed by atoms with E-state index in [-0.39, 0.29) is 11.9 Å². The van der Waals surface area contributed by atoms with Crippen molar-refractivity contribution in [2.24, 2.45) is 0 Å². The smallest absolute Gasteiger partial charge is 0.337 e. The average Bonchev–Trinajstić information content (AvgIpc) is 3.00. The minimum Gasteiger partial charge on any atom is -0.489 e. The molecule has 4 aromatic carbocycles. The summed E-state index contributed by atoms with van der Waals surface area (Å²) in [5, 5.41) is 2.84. The average molecular weight is 552 g/mol. The number of hydrogen-bond acceptors (Lipinski definition) is 5. The molecule has 6 heteroatoms. The minimum absolute atomic E-state index is 0.0192. The minimum atomic E-state index is -0.381. The number of methoxy groups -OCH3 is 1. The third-order valence-corrected chi connectivity index (χ3v) is 6.95. The summed E-state index contributed by atoms with van der Waals surface area (Å²) in [4.78, 5) is 23.1. The molecule has 4 rings (SSSR count). The van der Waals surface area contributed by atoms with Gasteiger partial charge in [0.2, 0.25) is 5.91 Å². The molecule has 0 aromatic heterocycles. The van der Waals surface area contributed by atoms with Crippen LogP contribution in [-0.4, -0.2) is 25.5 Å². The lowest BCUT2D eigenvalue weighted by Crippen LogP contribution is -2.20. The SMILES string of the molecule is COC(=O)c1cccc(COc2cc(OCc3cccc(-c4ccccc4)c3C)ccc2CCCCNC(C)=O)c1. The topological polar surface area (TPSA) is 73.9 Å². The number of nitrogens with one attached hydrogen (secondary N) is 1. The molecule has 1 amide bonds. The van der Waals surface area contributed by atoms with E-state index in [1.54, 1.807) is 12.1 Å². The Morgan fingerprint density at radius 2 is 1.59 bits per heavy atom. The Morgan fingerprint density at radius 1 is 0.780 bits per heavy atom. The van der Waals surface area contributed by atoms with Gasteiger partial charge in [0.1, 0.15) is 24.7 Å². The van der Waals surface area contributed by atoms with Crippen molar-refractivity contribution in [2.45, 2.75) is 46.3 Å². The summed E-state index contributed by atoms with van der Waals surface area (Å²) in [5.74, 6) is 1.05. The molecule has 0 aliphatic heterocycles. The second kappa shape index (κ2) is 14.7. The van der Waals surface area contributed by atoms with Gasteiger partial charge in [-0.2, -0.15) is 0 Å². The van der Waals surface area contributed by atoms with Crippen molar-refractivity contribution in [3.63, 3.8) is 0 Å². The molecule has 0 aliphatic rings. The lowest BCUT2D eigenvalue weighted by Gasteiger charge is -2.16. The molecule has 0 bridgehead atoms. The Labute approximate surface area is 242 Å². The summed E-state index contributed by atoms with van der Waals surface area (Å²) < 4.78 is 17.4. The van der Waals surface area contributed by atoms with Gasteiger partial charge in [-0.3, -0.25) is 4.79 Å². The molecule has 212 valence electrons.